The Balaban J connectivity index is 4.61. The molecule has 0 amide bonds. The van der Waals surface area contributed by atoms with Gasteiger partial charge < -0.3 is 34.8 Å². The first kappa shape index (κ1) is 57.5. The molecule has 0 saturated carbocycles. The van der Waals surface area contributed by atoms with Gasteiger partial charge in [0.15, 0.2) is 6.10 Å². The summed E-state index contributed by atoms with van der Waals surface area (Å²) in [6.45, 7) is 1.88. The van der Waals surface area contributed by atoms with Gasteiger partial charge >= 0.3 is 19.8 Å². The van der Waals surface area contributed by atoms with Crippen molar-refractivity contribution in [1.82, 2.24) is 0 Å². The van der Waals surface area contributed by atoms with Gasteiger partial charge in [0.1, 0.15) is 12.7 Å². The van der Waals surface area contributed by atoms with Crippen molar-refractivity contribution in [2.75, 3.05) is 26.4 Å². The highest BCUT2D eigenvalue weighted by Crippen LogP contribution is 2.43. The molecule has 0 rings (SSSR count). The van der Waals surface area contributed by atoms with Crippen molar-refractivity contribution in [3.8, 4) is 0 Å². The molecule has 0 aliphatic heterocycles. The van der Waals surface area contributed by atoms with Gasteiger partial charge in [-0.15, -0.1) is 0 Å². The van der Waals surface area contributed by atoms with Gasteiger partial charge in [-0.2, -0.15) is 0 Å². The molecule has 13 heteroatoms. The van der Waals surface area contributed by atoms with E-state index in [1.165, 1.54) is 19.3 Å². The second kappa shape index (κ2) is 41.9. The fourth-order valence-corrected chi connectivity index (χ4v) is 5.94. The van der Waals surface area contributed by atoms with Gasteiger partial charge in [0.25, 0.3) is 0 Å². The highest BCUT2D eigenvalue weighted by molar-refractivity contribution is 7.47. The number of carbonyl (C=O) groups is 2. The number of unbranched alkanes of at least 4 members (excludes halogenated alkanes) is 8. The van der Waals surface area contributed by atoms with Crippen LogP contribution in [0.15, 0.2) is 109 Å². The number of hydrogen-bond donors (Lipinski definition) is 5. The highest BCUT2D eigenvalue weighted by Gasteiger charge is 2.27. The van der Waals surface area contributed by atoms with Gasteiger partial charge in [-0.3, -0.25) is 18.6 Å². The first-order valence-electron chi connectivity index (χ1n) is 22.1. The summed E-state index contributed by atoms with van der Waals surface area (Å²) >= 11 is 0. The molecule has 0 bridgehead atoms. The minimum atomic E-state index is -4.69. The zero-order valence-corrected chi connectivity index (χ0v) is 37.7. The third-order valence-electron chi connectivity index (χ3n) is 8.59. The fraction of sp³-hybridized carbons (Fsp3) is 0.583. The van der Waals surface area contributed by atoms with Crippen molar-refractivity contribution in [2.24, 2.45) is 0 Å². The van der Waals surface area contributed by atoms with E-state index in [0.717, 1.165) is 51.4 Å². The average molecular weight is 877 g/mol. The largest absolute Gasteiger partial charge is 0.472 e. The van der Waals surface area contributed by atoms with Crippen LogP contribution in [0.5, 0.6) is 0 Å². The Morgan fingerprint density at radius 1 is 0.590 bits per heavy atom. The summed E-state index contributed by atoms with van der Waals surface area (Å²) in [5.41, 5.74) is 0. The number of allylic oxidation sites excluding steroid dienone is 14. The number of ether oxygens (including phenoxy) is 2. The van der Waals surface area contributed by atoms with E-state index >= 15 is 0 Å². The molecule has 0 aromatic heterocycles. The Morgan fingerprint density at radius 3 is 1.85 bits per heavy atom. The highest BCUT2D eigenvalue weighted by atomic mass is 31.2. The molecule has 0 heterocycles. The van der Waals surface area contributed by atoms with Crippen LogP contribution in [0, 0.1) is 0 Å². The molecule has 61 heavy (non-hydrogen) atoms. The minimum Gasteiger partial charge on any atom is -0.462 e. The van der Waals surface area contributed by atoms with Crippen molar-refractivity contribution >= 4 is 19.8 Å². The summed E-state index contributed by atoms with van der Waals surface area (Å²) in [6, 6.07) is 0. The number of esters is 2. The minimum absolute atomic E-state index is 0.0141. The molecule has 0 aromatic carbocycles. The van der Waals surface area contributed by atoms with Crippen LogP contribution in [0.2, 0.25) is 0 Å². The van der Waals surface area contributed by atoms with Crippen LogP contribution in [0.3, 0.4) is 0 Å². The predicted octanol–water partition coefficient (Wildman–Crippen LogP) is 9.72. The second-order valence-corrected chi connectivity index (χ2v) is 15.8. The maximum Gasteiger partial charge on any atom is 0.472 e. The van der Waals surface area contributed by atoms with E-state index in [4.69, 9.17) is 19.1 Å². The summed E-state index contributed by atoms with van der Waals surface area (Å²) in [4.78, 5) is 35.0. The maximum absolute atomic E-state index is 12.6. The number of aliphatic hydroxyl groups is 4. The number of phosphoric ester groups is 1. The van der Waals surface area contributed by atoms with Gasteiger partial charge in [-0.25, -0.2) is 4.57 Å². The molecular formula is C48H77O12P. The van der Waals surface area contributed by atoms with E-state index in [0.29, 0.717) is 32.1 Å². The van der Waals surface area contributed by atoms with Gasteiger partial charge in [-0.05, 0) is 77.0 Å². The van der Waals surface area contributed by atoms with E-state index in [-0.39, 0.29) is 12.8 Å². The number of carbonyl (C=O) groups excluding carboxylic acids is 2. The van der Waals surface area contributed by atoms with Crippen molar-refractivity contribution < 1.29 is 58.0 Å². The molecule has 0 spiro atoms. The number of hydrogen-bond acceptors (Lipinski definition) is 11. The monoisotopic (exact) mass is 877 g/mol. The van der Waals surface area contributed by atoms with Crippen LogP contribution < -0.4 is 0 Å². The van der Waals surface area contributed by atoms with Crippen LogP contribution >= 0.6 is 7.82 Å². The quantitative estimate of drug-likeness (QED) is 0.0129. The van der Waals surface area contributed by atoms with E-state index in [1.807, 2.05) is 49.5 Å². The Hall–Kier alpha value is -3.45. The molecule has 12 nitrogen and oxygen atoms in total. The lowest BCUT2D eigenvalue weighted by Gasteiger charge is -2.20. The van der Waals surface area contributed by atoms with Crippen LogP contribution in [0.25, 0.3) is 0 Å². The lowest BCUT2D eigenvalue weighted by atomic mass is 10.1. The summed E-state index contributed by atoms with van der Waals surface area (Å²) in [6.07, 6.45) is 45.5. The zero-order valence-electron chi connectivity index (χ0n) is 36.8. The van der Waals surface area contributed by atoms with Gasteiger partial charge in [0, 0.05) is 12.8 Å². The molecule has 0 aliphatic carbocycles. The maximum atomic E-state index is 12.6. The first-order valence-corrected chi connectivity index (χ1v) is 23.6. The summed E-state index contributed by atoms with van der Waals surface area (Å²) < 4.78 is 32.5. The normalized spacial score (nSPS) is 15.9. The smallest absolute Gasteiger partial charge is 0.462 e. The third-order valence-corrected chi connectivity index (χ3v) is 9.54. The first-order chi connectivity index (χ1) is 29.5. The Morgan fingerprint density at radius 2 is 1.18 bits per heavy atom. The zero-order chi connectivity index (χ0) is 45.1. The van der Waals surface area contributed by atoms with Crippen molar-refractivity contribution in [3.63, 3.8) is 0 Å². The molecule has 0 saturated heterocycles. The van der Waals surface area contributed by atoms with Crippen molar-refractivity contribution in [2.45, 2.75) is 154 Å². The van der Waals surface area contributed by atoms with Crippen molar-refractivity contribution in [3.05, 3.63) is 109 Å². The van der Waals surface area contributed by atoms with E-state index in [2.05, 4.69) is 47.9 Å². The molecule has 5 N–H and O–H groups in total. The Bertz CT molecular complexity index is 1410. The third kappa shape index (κ3) is 41.7. The van der Waals surface area contributed by atoms with Crippen LogP contribution in [-0.4, -0.2) is 88.1 Å². The topological polar surface area (TPSA) is 189 Å². The van der Waals surface area contributed by atoms with Crippen LogP contribution in [-0.2, 0) is 32.7 Å². The van der Waals surface area contributed by atoms with Gasteiger partial charge in [-0.1, -0.05) is 149 Å². The SMILES string of the molecule is CC/C=C\C[C@H](O)/C=C/C=C\C/C=C\C=C\[C@H](O)/C=C\CCCC(=O)O[C@H](COC(=O)CCCCCC/C=C\C/C=C\C/C=C\CCCCC)COP(=O)(O)OC[C@@H](O)CO. The van der Waals surface area contributed by atoms with Crippen LogP contribution in [0.4, 0.5) is 0 Å². The summed E-state index contributed by atoms with van der Waals surface area (Å²) in [5, 5.41) is 38.3. The fourth-order valence-electron chi connectivity index (χ4n) is 5.15. The lowest BCUT2D eigenvalue weighted by Crippen LogP contribution is -2.29. The Labute approximate surface area is 366 Å². The number of aliphatic hydroxyl groups excluding tert-OH is 4. The van der Waals surface area contributed by atoms with Crippen LogP contribution in [0.1, 0.15) is 129 Å². The molecular weight excluding hydrogens is 799 g/mol. The molecule has 0 radical (unpaired) electrons. The summed E-state index contributed by atoms with van der Waals surface area (Å²) in [5.74, 6) is -1.15. The lowest BCUT2D eigenvalue weighted by molar-refractivity contribution is -0.161. The van der Waals surface area contributed by atoms with E-state index < -0.39 is 70.6 Å². The van der Waals surface area contributed by atoms with Gasteiger partial charge in [0.05, 0.1) is 32.0 Å². The molecule has 0 aromatic rings. The molecule has 346 valence electrons. The average Bonchev–Trinajstić information content (AvgIpc) is 3.24. The molecule has 0 aliphatic rings. The molecule has 0 fully saturated rings. The summed E-state index contributed by atoms with van der Waals surface area (Å²) in [7, 11) is -4.69. The van der Waals surface area contributed by atoms with Crippen molar-refractivity contribution in [1.29, 1.82) is 0 Å². The number of phosphoric acid groups is 1. The second-order valence-electron chi connectivity index (χ2n) is 14.4. The Kier molecular flexibility index (Phi) is 39.5. The van der Waals surface area contributed by atoms with E-state index in [1.54, 1.807) is 30.4 Å². The van der Waals surface area contributed by atoms with Gasteiger partial charge in [0.2, 0.25) is 0 Å². The standard InChI is InChI=1S/C48H77O12P/c1-3-5-7-8-9-10-11-12-13-14-15-16-17-18-22-25-31-37-47(53)57-41-46(42-59-61(55,56)58-40-45(52)39-49)60-48(54)38-32-26-30-36-44(51)35-29-24-21-19-20-23-28-34-43(50)33-27-6-4-2/h6,9-10,12-13,15-16,20-21,23-24,27-30,34-36,43-46,49-52H,3-5,7-8,11,14,17-19,22,25-26,31-33,37-42H2,1-2H3,(H,55,56)/b10-9-,13-12-,16-15-,23-20-,24-21-,27-6-,34-28+,35-29+,36-30-/t43-,44-,45-,46+/m0/s1. The van der Waals surface area contributed by atoms with E-state index in [9.17, 15) is 34.4 Å². The predicted molar refractivity (Wildman–Crippen MR) is 244 cm³/mol. The molecule has 1 unspecified atom stereocenters. The number of rotatable bonds is 39. The molecule has 5 atom stereocenters.